The minimum Gasteiger partial charge on any atom is -0.458 e. The molecule has 1 fully saturated rings. The van der Waals surface area contributed by atoms with Gasteiger partial charge in [0, 0.05) is 5.39 Å². The molecule has 2 heterocycles. The van der Waals surface area contributed by atoms with Crippen molar-refractivity contribution in [3.63, 3.8) is 0 Å². The van der Waals surface area contributed by atoms with Crippen LogP contribution >= 0.6 is 23.2 Å². The summed E-state index contributed by atoms with van der Waals surface area (Å²) in [6, 6.07) is 13.7. The van der Waals surface area contributed by atoms with Gasteiger partial charge in [0.25, 0.3) is 5.91 Å². The summed E-state index contributed by atoms with van der Waals surface area (Å²) in [6.07, 6.45) is 0. The number of nitrogens with one attached hydrogen (secondary N) is 1. The molecule has 5 nitrogen and oxygen atoms in total. The third-order valence-electron chi connectivity index (χ3n) is 4.52. The van der Waals surface area contributed by atoms with Crippen molar-refractivity contribution in [1.82, 2.24) is 10.2 Å². The number of amides is 3. The Hall–Kier alpha value is -2.50. The van der Waals surface area contributed by atoms with Crippen LogP contribution in [-0.2, 0) is 16.9 Å². The van der Waals surface area contributed by atoms with E-state index in [4.69, 9.17) is 27.6 Å². The lowest BCUT2D eigenvalue weighted by Gasteiger charge is -2.19. The van der Waals surface area contributed by atoms with E-state index in [1.165, 1.54) is 0 Å². The number of imide groups is 1. The van der Waals surface area contributed by atoms with Gasteiger partial charge in [0.15, 0.2) is 5.54 Å². The number of urea groups is 1. The predicted molar refractivity (Wildman–Crippen MR) is 99.1 cm³/mol. The number of rotatable bonds is 3. The second-order valence-electron chi connectivity index (χ2n) is 6.34. The van der Waals surface area contributed by atoms with E-state index in [-0.39, 0.29) is 12.5 Å². The summed E-state index contributed by atoms with van der Waals surface area (Å²) in [4.78, 5) is 26.6. The maximum Gasteiger partial charge on any atom is 0.325 e. The number of fused-ring (bicyclic) bond motifs is 1. The Balaban J connectivity index is 1.66. The van der Waals surface area contributed by atoms with Gasteiger partial charge in [-0.2, -0.15) is 0 Å². The molecule has 0 aliphatic carbocycles. The molecule has 1 atom stereocenters. The first-order valence-corrected chi connectivity index (χ1v) is 8.71. The highest BCUT2D eigenvalue weighted by atomic mass is 35.5. The summed E-state index contributed by atoms with van der Waals surface area (Å²) < 4.78 is 5.81. The van der Waals surface area contributed by atoms with Crippen LogP contribution in [0.25, 0.3) is 11.0 Å². The molecule has 3 aromatic rings. The predicted octanol–water partition coefficient (Wildman–Crippen LogP) is 4.71. The zero-order chi connectivity index (χ0) is 18.5. The van der Waals surface area contributed by atoms with E-state index >= 15 is 0 Å². The standard InChI is InChI=1S/C19H14Cl2N2O3/c1-19(16-9-12-4-2-3-5-15(12)26-16)17(24)23(18(25)22-19)10-11-6-7-13(20)14(21)8-11/h2-9H,10H2,1H3,(H,22,25). The van der Waals surface area contributed by atoms with Crippen molar-refractivity contribution in [2.75, 3.05) is 0 Å². The van der Waals surface area contributed by atoms with Gasteiger partial charge in [-0.25, -0.2) is 4.79 Å². The van der Waals surface area contributed by atoms with Crippen LogP contribution in [0.4, 0.5) is 4.79 Å². The van der Waals surface area contributed by atoms with Gasteiger partial charge >= 0.3 is 6.03 Å². The molecule has 132 valence electrons. The second kappa shape index (κ2) is 6.04. The fourth-order valence-electron chi connectivity index (χ4n) is 3.06. The maximum absolute atomic E-state index is 13.0. The zero-order valence-corrected chi connectivity index (χ0v) is 15.3. The topological polar surface area (TPSA) is 62.6 Å². The van der Waals surface area contributed by atoms with Crippen LogP contribution in [0, 0.1) is 0 Å². The molecule has 0 saturated carbocycles. The number of halogens is 2. The van der Waals surface area contributed by atoms with Crippen molar-refractivity contribution in [2.45, 2.75) is 19.0 Å². The molecule has 1 N–H and O–H groups in total. The normalized spacial score (nSPS) is 20.0. The summed E-state index contributed by atoms with van der Waals surface area (Å²) in [6.45, 7) is 1.73. The van der Waals surface area contributed by atoms with Crippen molar-refractivity contribution in [2.24, 2.45) is 0 Å². The fraction of sp³-hybridized carbons (Fsp3) is 0.158. The average Bonchev–Trinajstić information content (AvgIpc) is 3.14. The third-order valence-corrected chi connectivity index (χ3v) is 5.26. The Labute approximate surface area is 159 Å². The highest BCUT2D eigenvalue weighted by molar-refractivity contribution is 6.42. The van der Waals surface area contributed by atoms with E-state index in [0.717, 1.165) is 10.3 Å². The maximum atomic E-state index is 13.0. The van der Waals surface area contributed by atoms with Crippen molar-refractivity contribution < 1.29 is 14.0 Å². The summed E-state index contributed by atoms with van der Waals surface area (Å²) in [5, 5.41) is 4.40. The van der Waals surface area contributed by atoms with Gasteiger partial charge in [-0.1, -0.05) is 47.5 Å². The van der Waals surface area contributed by atoms with Crippen molar-refractivity contribution in [1.29, 1.82) is 0 Å². The Bertz CT molecular complexity index is 1010. The average molecular weight is 389 g/mol. The molecule has 1 unspecified atom stereocenters. The summed E-state index contributed by atoms with van der Waals surface area (Å²) in [7, 11) is 0. The number of carbonyl (C=O) groups is 2. The second-order valence-corrected chi connectivity index (χ2v) is 7.16. The van der Waals surface area contributed by atoms with Crippen molar-refractivity contribution in [3.05, 3.63) is 69.9 Å². The first-order valence-electron chi connectivity index (χ1n) is 7.95. The highest BCUT2D eigenvalue weighted by Crippen LogP contribution is 2.34. The Morgan fingerprint density at radius 1 is 1.08 bits per heavy atom. The Kier molecular flexibility index (Phi) is 3.93. The van der Waals surface area contributed by atoms with Gasteiger partial charge in [-0.05, 0) is 36.8 Å². The molecule has 0 radical (unpaired) electrons. The van der Waals surface area contributed by atoms with Gasteiger partial charge in [0.1, 0.15) is 11.3 Å². The minimum atomic E-state index is -1.26. The van der Waals surface area contributed by atoms with Crippen molar-refractivity contribution >= 4 is 46.1 Å². The van der Waals surface area contributed by atoms with Crippen LogP contribution in [0.15, 0.2) is 52.9 Å². The number of benzene rings is 2. The van der Waals surface area contributed by atoms with Gasteiger partial charge in [0.05, 0.1) is 16.6 Å². The van der Waals surface area contributed by atoms with E-state index in [9.17, 15) is 9.59 Å². The van der Waals surface area contributed by atoms with Crippen LogP contribution in [0.5, 0.6) is 0 Å². The minimum absolute atomic E-state index is 0.0946. The molecule has 4 rings (SSSR count). The lowest BCUT2D eigenvalue weighted by Crippen LogP contribution is -2.40. The van der Waals surface area contributed by atoms with Gasteiger partial charge in [0.2, 0.25) is 0 Å². The molecule has 2 aromatic carbocycles. The highest BCUT2D eigenvalue weighted by Gasteiger charge is 2.51. The molecule has 1 aliphatic rings. The fourth-order valence-corrected chi connectivity index (χ4v) is 3.38. The van der Waals surface area contributed by atoms with Crippen LogP contribution in [-0.4, -0.2) is 16.8 Å². The molecule has 1 aliphatic heterocycles. The molecule has 7 heteroatoms. The first kappa shape index (κ1) is 16.9. The molecule has 1 aromatic heterocycles. The van der Waals surface area contributed by atoms with Crippen LogP contribution < -0.4 is 5.32 Å². The van der Waals surface area contributed by atoms with Gasteiger partial charge < -0.3 is 9.73 Å². The molecule has 3 amide bonds. The molecule has 1 saturated heterocycles. The SMILES string of the molecule is CC1(c2cc3ccccc3o2)NC(=O)N(Cc2ccc(Cl)c(Cl)c2)C1=O. The quantitative estimate of drug-likeness (QED) is 0.660. The number of para-hydroxylation sites is 1. The third kappa shape index (κ3) is 2.64. The monoisotopic (exact) mass is 388 g/mol. The smallest absolute Gasteiger partial charge is 0.325 e. The Morgan fingerprint density at radius 2 is 1.85 bits per heavy atom. The van der Waals surface area contributed by atoms with E-state index in [1.807, 2.05) is 24.3 Å². The van der Waals surface area contributed by atoms with Gasteiger partial charge in [-0.15, -0.1) is 0 Å². The molecule has 0 spiro atoms. The Morgan fingerprint density at radius 3 is 2.58 bits per heavy atom. The van der Waals surface area contributed by atoms with E-state index in [2.05, 4.69) is 5.32 Å². The van der Waals surface area contributed by atoms with Crippen LogP contribution in [0.1, 0.15) is 18.2 Å². The lowest BCUT2D eigenvalue weighted by molar-refractivity contribution is -0.132. The molecule has 26 heavy (non-hydrogen) atoms. The number of furan rings is 1. The van der Waals surface area contributed by atoms with E-state index in [0.29, 0.717) is 27.0 Å². The summed E-state index contributed by atoms with van der Waals surface area (Å²) >= 11 is 11.9. The van der Waals surface area contributed by atoms with Crippen LogP contribution in [0.2, 0.25) is 10.0 Å². The van der Waals surface area contributed by atoms with E-state index < -0.39 is 11.6 Å². The van der Waals surface area contributed by atoms with Gasteiger partial charge in [-0.3, -0.25) is 9.69 Å². The molecular formula is C19H14Cl2N2O3. The number of hydrogen-bond acceptors (Lipinski definition) is 3. The largest absolute Gasteiger partial charge is 0.458 e. The van der Waals surface area contributed by atoms with E-state index in [1.54, 1.807) is 31.2 Å². The summed E-state index contributed by atoms with van der Waals surface area (Å²) in [5.74, 6) is 0.0151. The van der Waals surface area contributed by atoms with Crippen molar-refractivity contribution in [3.8, 4) is 0 Å². The molecule has 0 bridgehead atoms. The number of carbonyl (C=O) groups excluding carboxylic acids is 2. The lowest BCUT2D eigenvalue weighted by atomic mass is 9.98. The first-order chi connectivity index (χ1) is 12.4. The zero-order valence-electron chi connectivity index (χ0n) is 13.8. The number of hydrogen-bond donors (Lipinski definition) is 1. The molecular weight excluding hydrogens is 375 g/mol. The van der Waals surface area contributed by atoms with Crippen LogP contribution in [0.3, 0.4) is 0 Å². The summed E-state index contributed by atoms with van der Waals surface area (Å²) in [5.41, 5.74) is 0.109. The number of nitrogens with zero attached hydrogens (tertiary/aromatic N) is 1.